The number of carbonyl (C=O) groups is 1. The first-order valence-corrected chi connectivity index (χ1v) is 6.92. The van der Waals surface area contributed by atoms with Crippen LogP contribution in [0.25, 0.3) is 0 Å². The van der Waals surface area contributed by atoms with Crippen LogP contribution in [0.5, 0.6) is 0 Å². The molecule has 19 heavy (non-hydrogen) atoms. The Kier molecular flexibility index (Phi) is 3.77. The van der Waals surface area contributed by atoms with Crippen LogP contribution < -0.4 is 0 Å². The summed E-state index contributed by atoms with van der Waals surface area (Å²) in [7, 11) is 0. The molecular formula is C16H23NO2. The Bertz CT molecular complexity index is 451. The monoisotopic (exact) mass is 261 g/mol. The van der Waals surface area contributed by atoms with Gasteiger partial charge in [-0.15, -0.1) is 0 Å². The molecule has 0 aromatic carbocycles. The second-order valence-electron chi connectivity index (χ2n) is 6.54. The summed E-state index contributed by atoms with van der Waals surface area (Å²) in [5.74, 6) is 0.316. The highest BCUT2D eigenvalue weighted by atomic mass is 16.5. The Morgan fingerprint density at radius 3 is 2.47 bits per heavy atom. The highest BCUT2D eigenvalue weighted by molar-refractivity contribution is 5.82. The summed E-state index contributed by atoms with van der Waals surface area (Å²) in [4.78, 5) is 16.4. The fourth-order valence-electron chi connectivity index (χ4n) is 3.06. The summed E-state index contributed by atoms with van der Waals surface area (Å²) >= 11 is 0. The number of ether oxygens (including phenoxy) is 1. The van der Waals surface area contributed by atoms with E-state index in [1.807, 2.05) is 26.0 Å². The van der Waals surface area contributed by atoms with E-state index in [-0.39, 0.29) is 17.1 Å². The molecule has 1 aromatic heterocycles. The van der Waals surface area contributed by atoms with Crippen molar-refractivity contribution in [1.29, 1.82) is 0 Å². The van der Waals surface area contributed by atoms with E-state index in [2.05, 4.69) is 18.8 Å². The van der Waals surface area contributed by atoms with E-state index in [0.717, 1.165) is 12.8 Å². The zero-order valence-electron chi connectivity index (χ0n) is 12.3. The number of rotatable bonds is 4. The molecule has 3 nitrogen and oxygen atoms in total. The van der Waals surface area contributed by atoms with Crippen LogP contribution in [-0.4, -0.2) is 22.0 Å². The first-order valence-electron chi connectivity index (χ1n) is 6.92. The van der Waals surface area contributed by atoms with Crippen molar-refractivity contribution in [2.24, 2.45) is 5.92 Å². The molecular weight excluding hydrogens is 238 g/mol. The van der Waals surface area contributed by atoms with Crippen molar-refractivity contribution >= 4 is 5.78 Å². The Balaban J connectivity index is 1.97. The number of nitrogens with zero attached hydrogens (tertiary/aromatic N) is 1. The van der Waals surface area contributed by atoms with Crippen molar-refractivity contribution in [3.63, 3.8) is 0 Å². The molecule has 1 fully saturated rings. The van der Waals surface area contributed by atoms with E-state index < -0.39 is 0 Å². The second kappa shape index (κ2) is 5.04. The van der Waals surface area contributed by atoms with E-state index in [1.54, 1.807) is 12.4 Å². The smallest absolute Gasteiger partial charge is 0.139 e. The van der Waals surface area contributed by atoms with Crippen LogP contribution in [0.4, 0.5) is 0 Å². The van der Waals surface area contributed by atoms with Crippen LogP contribution in [-0.2, 0) is 16.0 Å². The number of pyridine rings is 1. The topological polar surface area (TPSA) is 39.2 Å². The molecule has 1 atom stereocenters. The predicted octanol–water partition coefficient (Wildman–Crippen LogP) is 3.18. The zero-order chi connectivity index (χ0) is 14.1. The van der Waals surface area contributed by atoms with Gasteiger partial charge in [-0.2, -0.15) is 0 Å². The van der Waals surface area contributed by atoms with Crippen LogP contribution in [0.1, 0.15) is 46.1 Å². The third-order valence-corrected chi connectivity index (χ3v) is 3.87. The van der Waals surface area contributed by atoms with Crippen molar-refractivity contribution in [2.75, 3.05) is 0 Å². The van der Waals surface area contributed by atoms with Crippen molar-refractivity contribution in [3.05, 3.63) is 30.1 Å². The Morgan fingerprint density at radius 1 is 1.32 bits per heavy atom. The lowest BCUT2D eigenvalue weighted by Gasteiger charge is -2.26. The van der Waals surface area contributed by atoms with Crippen LogP contribution >= 0.6 is 0 Å². The van der Waals surface area contributed by atoms with Gasteiger partial charge in [0.05, 0.1) is 11.2 Å². The van der Waals surface area contributed by atoms with Gasteiger partial charge in [0.1, 0.15) is 5.78 Å². The molecule has 0 bridgehead atoms. The van der Waals surface area contributed by atoms with Crippen molar-refractivity contribution < 1.29 is 9.53 Å². The van der Waals surface area contributed by atoms with Gasteiger partial charge < -0.3 is 4.74 Å². The van der Waals surface area contributed by atoms with Crippen molar-refractivity contribution in [1.82, 2.24) is 4.98 Å². The minimum Gasteiger partial charge on any atom is -0.369 e. The standard InChI is InChI=1S/C16H23NO2/c1-15(2)11-13(16(3,4)19-15)14(18)6-5-12-7-9-17-10-8-12/h7-10,13H,5-6,11H2,1-4H3. The third-order valence-electron chi connectivity index (χ3n) is 3.87. The lowest BCUT2D eigenvalue weighted by atomic mass is 9.82. The number of aryl methyl sites for hydroxylation is 1. The Hall–Kier alpha value is -1.22. The van der Waals surface area contributed by atoms with Gasteiger partial charge in [0.15, 0.2) is 0 Å². The molecule has 3 heteroatoms. The molecule has 0 radical (unpaired) electrons. The molecule has 1 aliphatic heterocycles. The summed E-state index contributed by atoms with van der Waals surface area (Å²) in [5, 5.41) is 0. The summed E-state index contributed by atoms with van der Waals surface area (Å²) in [5.41, 5.74) is 0.624. The van der Waals surface area contributed by atoms with E-state index in [1.165, 1.54) is 5.56 Å². The third kappa shape index (κ3) is 3.41. The highest BCUT2D eigenvalue weighted by Crippen LogP contribution is 2.42. The van der Waals surface area contributed by atoms with Gasteiger partial charge in [-0.25, -0.2) is 0 Å². The maximum atomic E-state index is 12.4. The second-order valence-corrected chi connectivity index (χ2v) is 6.54. The summed E-state index contributed by atoms with van der Waals surface area (Å²) < 4.78 is 5.99. The maximum absolute atomic E-state index is 12.4. The molecule has 0 aliphatic carbocycles. The summed E-state index contributed by atoms with van der Waals surface area (Å²) in [6.45, 7) is 8.17. The number of hydrogen-bond donors (Lipinski definition) is 0. The fraction of sp³-hybridized carbons (Fsp3) is 0.625. The Morgan fingerprint density at radius 2 is 1.95 bits per heavy atom. The average Bonchev–Trinajstić information content (AvgIpc) is 2.56. The molecule has 0 saturated carbocycles. The number of hydrogen-bond acceptors (Lipinski definition) is 3. The number of Topliss-reactive ketones (excluding diaryl/α,β-unsaturated/α-hetero) is 1. The van der Waals surface area contributed by atoms with Crippen LogP contribution in [0.3, 0.4) is 0 Å². The molecule has 0 amide bonds. The maximum Gasteiger partial charge on any atom is 0.139 e. The van der Waals surface area contributed by atoms with Gasteiger partial charge >= 0.3 is 0 Å². The first kappa shape index (κ1) is 14.2. The molecule has 0 spiro atoms. The molecule has 1 unspecified atom stereocenters. The van der Waals surface area contributed by atoms with Gasteiger partial charge in [0.2, 0.25) is 0 Å². The van der Waals surface area contributed by atoms with Crippen molar-refractivity contribution in [2.45, 2.75) is 58.2 Å². The number of carbonyl (C=O) groups excluding carboxylic acids is 1. The minimum absolute atomic E-state index is 0.00402. The lowest BCUT2D eigenvalue weighted by molar-refractivity contribution is -0.129. The molecule has 1 aromatic rings. The van der Waals surface area contributed by atoms with Gasteiger partial charge in [-0.05, 0) is 58.2 Å². The fourth-order valence-corrected chi connectivity index (χ4v) is 3.06. The van der Waals surface area contributed by atoms with Crippen LogP contribution in [0.2, 0.25) is 0 Å². The predicted molar refractivity (Wildman–Crippen MR) is 74.9 cm³/mol. The quantitative estimate of drug-likeness (QED) is 0.835. The summed E-state index contributed by atoms with van der Waals surface area (Å²) in [6.07, 6.45) is 5.72. The van der Waals surface area contributed by atoms with Gasteiger partial charge in [-0.3, -0.25) is 9.78 Å². The van der Waals surface area contributed by atoms with Gasteiger partial charge in [0, 0.05) is 24.7 Å². The Labute approximate surface area is 115 Å². The van der Waals surface area contributed by atoms with Gasteiger partial charge in [0.25, 0.3) is 0 Å². The normalized spacial score (nSPS) is 24.3. The molecule has 2 heterocycles. The number of aromatic nitrogens is 1. The molecule has 2 rings (SSSR count). The van der Waals surface area contributed by atoms with Crippen LogP contribution in [0, 0.1) is 5.92 Å². The first-order chi connectivity index (χ1) is 8.80. The zero-order valence-corrected chi connectivity index (χ0v) is 12.3. The van der Waals surface area contributed by atoms with Crippen LogP contribution in [0.15, 0.2) is 24.5 Å². The number of ketones is 1. The van der Waals surface area contributed by atoms with Crippen molar-refractivity contribution in [3.8, 4) is 0 Å². The molecule has 0 N–H and O–H groups in total. The summed E-state index contributed by atoms with van der Waals surface area (Å²) in [6, 6.07) is 3.93. The SMILES string of the molecule is CC1(C)CC(C(=O)CCc2ccncc2)C(C)(C)O1. The van der Waals surface area contributed by atoms with E-state index in [0.29, 0.717) is 12.2 Å². The van der Waals surface area contributed by atoms with Gasteiger partial charge in [-0.1, -0.05) is 0 Å². The van der Waals surface area contributed by atoms with E-state index in [9.17, 15) is 4.79 Å². The average molecular weight is 261 g/mol. The molecule has 1 aliphatic rings. The molecule has 1 saturated heterocycles. The minimum atomic E-state index is -0.348. The highest BCUT2D eigenvalue weighted by Gasteiger charge is 2.48. The largest absolute Gasteiger partial charge is 0.369 e. The lowest BCUT2D eigenvalue weighted by Crippen LogP contribution is -2.33. The van der Waals surface area contributed by atoms with E-state index >= 15 is 0 Å². The van der Waals surface area contributed by atoms with E-state index in [4.69, 9.17) is 4.74 Å². The molecule has 104 valence electrons.